The first kappa shape index (κ1) is 6.84. The summed E-state index contributed by atoms with van der Waals surface area (Å²) >= 11 is 2.17. The van der Waals surface area contributed by atoms with Gasteiger partial charge in [-0.1, -0.05) is 0 Å². The predicted octanol–water partition coefficient (Wildman–Crippen LogP) is 1.14. The van der Waals surface area contributed by atoms with E-state index in [-0.39, 0.29) is 0 Å². The summed E-state index contributed by atoms with van der Waals surface area (Å²) in [5.41, 5.74) is 7.29. The number of anilines is 1. The highest BCUT2D eigenvalue weighted by Gasteiger charge is 2.03. The van der Waals surface area contributed by atoms with Crippen molar-refractivity contribution < 1.29 is 0 Å². The first-order valence-electron chi connectivity index (χ1n) is 3.02. The number of aromatic amines is 1. The number of nitrogens with one attached hydrogen (secondary N) is 1. The van der Waals surface area contributed by atoms with Gasteiger partial charge in [0.15, 0.2) is 0 Å². The molecule has 0 atom stereocenters. The summed E-state index contributed by atoms with van der Waals surface area (Å²) < 4.78 is 1.01. The van der Waals surface area contributed by atoms with Gasteiger partial charge in [-0.25, -0.2) is 9.97 Å². The number of aromatic nitrogens is 3. The number of halogens is 1. The summed E-state index contributed by atoms with van der Waals surface area (Å²) in [7, 11) is 0. The van der Waals surface area contributed by atoms with Gasteiger partial charge in [-0.15, -0.1) is 0 Å². The first-order chi connectivity index (χ1) is 5.29. The zero-order chi connectivity index (χ0) is 7.84. The molecule has 0 fully saturated rings. The molecule has 0 aliphatic heterocycles. The van der Waals surface area contributed by atoms with Crippen molar-refractivity contribution in [2.45, 2.75) is 0 Å². The predicted molar refractivity (Wildman–Crippen MR) is 51.0 cm³/mol. The average molecular weight is 260 g/mol. The zero-order valence-corrected chi connectivity index (χ0v) is 7.66. The van der Waals surface area contributed by atoms with E-state index < -0.39 is 0 Å². The summed E-state index contributed by atoms with van der Waals surface area (Å²) in [6, 6.07) is 0. The van der Waals surface area contributed by atoms with Gasteiger partial charge in [0.2, 0.25) is 0 Å². The molecule has 0 spiro atoms. The Bertz CT molecular complexity index is 358. The van der Waals surface area contributed by atoms with E-state index in [1.807, 2.05) is 0 Å². The van der Waals surface area contributed by atoms with E-state index in [4.69, 9.17) is 5.73 Å². The number of imidazole rings is 1. The van der Waals surface area contributed by atoms with E-state index in [9.17, 15) is 0 Å². The van der Waals surface area contributed by atoms with Crippen molar-refractivity contribution in [1.82, 2.24) is 15.0 Å². The highest BCUT2D eigenvalue weighted by atomic mass is 127. The maximum absolute atomic E-state index is 5.58. The van der Waals surface area contributed by atoms with Crippen molar-refractivity contribution in [3.05, 3.63) is 16.1 Å². The van der Waals surface area contributed by atoms with Gasteiger partial charge in [-0.3, -0.25) is 0 Å². The molecule has 0 unspecified atom stereocenters. The summed E-state index contributed by atoms with van der Waals surface area (Å²) in [6.45, 7) is 0. The van der Waals surface area contributed by atoms with Gasteiger partial charge in [0.25, 0.3) is 0 Å². The van der Waals surface area contributed by atoms with E-state index in [1.165, 1.54) is 0 Å². The molecule has 2 aromatic heterocycles. The molecule has 0 aliphatic rings. The molecule has 0 saturated carbocycles. The molecule has 0 bridgehead atoms. The largest absolute Gasteiger partial charge is 0.382 e. The minimum absolute atomic E-state index is 0.498. The Morgan fingerprint density at radius 3 is 3.00 bits per heavy atom. The number of hydrogen-bond donors (Lipinski definition) is 2. The lowest BCUT2D eigenvalue weighted by Crippen LogP contribution is -1.91. The molecule has 0 aromatic carbocycles. The third-order valence-electron chi connectivity index (χ3n) is 1.44. The third kappa shape index (κ3) is 0.953. The number of nitrogen functional groups attached to an aromatic ring is 1. The molecule has 0 aliphatic carbocycles. The number of pyridine rings is 1. The van der Waals surface area contributed by atoms with Crippen molar-refractivity contribution in [3.63, 3.8) is 0 Å². The molecular formula is C6H5IN4. The van der Waals surface area contributed by atoms with Crippen LogP contribution in [0.2, 0.25) is 0 Å². The summed E-state index contributed by atoms with van der Waals surface area (Å²) in [5, 5.41) is 0. The Hall–Kier alpha value is -0.850. The molecule has 0 saturated heterocycles. The lowest BCUT2D eigenvalue weighted by Gasteiger charge is -1.94. The molecular weight excluding hydrogens is 255 g/mol. The molecule has 4 nitrogen and oxygen atoms in total. The van der Waals surface area contributed by atoms with Gasteiger partial charge in [-0.2, -0.15) is 0 Å². The number of nitrogens with zero attached hydrogens (tertiary/aromatic N) is 2. The Morgan fingerprint density at radius 2 is 2.27 bits per heavy atom. The van der Waals surface area contributed by atoms with Crippen molar-refractivity contribution in [1.29, 1.82) is 0 Å². The molecule has 11 heavy (non-hydrogen) atoms. The van der Waals surface area contributed by atoms with E-state index in [1.54, 1.807) is 12.5 Å². The van der Waals surface area contributed by atoms with Crippen LogP contribution in [-0.2, 0) is 0 Å². The van der Waals surface area contributed by atoms with Gasteiger partial charge in [0, 0.05) is 6.20 Å². The fourth-order valence-corrected chi connectivity index (χ4v) is 1.47. The Kier molecular flexibility index (Phi) is 1.45. The molecule has 0 radical (unpaired) electrons. The Labute approximate surface area is 76.4 Å². The first-order valence-corrected chi connectivity index (χ1v) is 4.10. The number of rotatable bonds is 0. The quantitative estimate of drug-likeness (QED) is 0.698. The van der Waals surface area contributed by atoms with Crippen LogP contribution in [0.3, 0.4) is 0 Å². The maximum atomic E-state index is 5.58. The highest BCUT2D eigenvalue weighted by molar-refractivity contribution is 14.1. The summed E-state index contributed by atoms with van der Waals surface area (Å²) in [5.74, 6) is 0.498. The van der Waals surface area contributed by atoms with Crippen LogP contribution in [0.5, 0.6) is 0 Å². The van der Waals surface area contributed by atoms with Gasteiger partial charge in [0.05, 0.1) is 9.90 Å². The van der Waals surface area contributed by atoms with Crippen LogP contribution in [0.25, 0.3) is 11.0 Å². The van der Waals surface area contributed by atoms with Crippen LogP contribution in [0.15, 0.2) is 12.5 Å². The fourth-order valence-electron chi connectivity index (χ4n) is 0.923. The summed E-state index contributed by atoms with van der Waals surface area (Å²) in [6.07, 6.45) is 3.32. The maximum Gasteiger partial charge on any atom is 0.149 e. The minimum atomic E-state index is 0.498. The van der Waals surface area contributed by atoms with Gasteiger partial charge in [0.1, 0.15) is 16.9 Å². The monoisotopic (exact) mass is 260 g/mol. The normalized spacial score (nSPS) is 10.6. The van der Waals surface area contributed by atoms with Crippen LogP contribution < -0.4 is 5.73 Å². The highest BCUT2D eigenvalue weighted by Crippen LogP contribution is 2.19. The van der Waals surface area contributed by atoms with Crippen molar-refractivity contribution >= 4 is 39.4 Å². The molecule has 2 rings (SSSR count). The fraction of sp³-hybridized carbons (Fsp3) is 0. The molecule has 2 heterocycles. The second-order valence-corrected chi connectivity index (χ2v) is 3.28. The SMILES string of the molecule is Nc1ncc(I)c2nc[nH]c12. The van der Waals surface area contributed by atoms with Crippen LogP contribution in [0, 0.1) is 3.57 Å². The Balaban J connectivity index is 2.96. The minimum Gasteiger partial charge on any atom is -0.382 e. The number of nitrogens with two attached hydrogens (primary N) is 1. The molecule has 56 valence electrons. The second-order valence-electron chi connectivity index (χ2n) is 2.12. The number of hydrogen-bond acceptors (Lipinski definition) is 3. The molecule has 5 heteroatoms. The topological polar surface area (TPSA) is 67.6 Å². The van der Waals surface area contributed by atoms with Crippen molar-refractivity contribution in [2.24, 2.45) is 0 Å². The van der Waals surface area contributed by atoms with Gasteiger partial charge in [-0.05, 0) is 22.6 Å². The van der Waals surface area contributed by atoms with E-state index in [2.05, 4.69) is 37.5 Å². The number of H-pyrrole nitrogens is 1. The standard InChI is InChI=1S/C6H5IN4/c7-3-1-9-6(8)5-4(3)10-2-11-5/h1-2H,(H2,8,9)(H,10,11). The number of fused-ring (bicyclic) bond motifs is 1. The second kappa shape index (κ2) is 2.33. The summed E-state index contributed by atoms with van der Waals surface area (Å²) in [4.78, 5) is 11.0. The molecule has 2 aromatic rings. The van der Waals surface area contributed by atoms with Crippen LogP contribution in [0.1, 0.15) is 0 Å². The van der Waals surface area contributed by atoms with E-state index in [0.717, 1.165) is 14.6 Å². The van der Waals surface area contributed by atoms with Crippen LogP contribution in [0.4, 0.5) is 5.82 Å². The van der Waals surface area contributed by atoms with Gasteiger partial charge < -0.3 is 10.7 Å². The van der Waals surface area contributed by atoms with E-state index in [0.29, 0.717) is 5.82 Å². The van der Waals surface area contributed by atoms with Crippen LogP contribution in [-0.4, -0.2) is 15.0 Å². The molecule has 3 N–H and O–H groups in total. The lowest BCUT2D eigenvalue weighted by atomic mass is 10.4. The molecule has 0 amide bonds. The van der Waals surface area contributed by atoms with Crippen molar-refractivity contribution in [3.8, 4) is 0 Å². The van der Waals surface area contributed by atoms with Gasteiger partial charge >= 0.3 is 0 Å². The van der Waals surface area contributed by atoms with E-state index >= 15 is 0 Å². The van der Waals surface area contributed by atoms with Crippen molar-refractivity contribution in [2.75, 3.05) is 5.73 Å². The zero-order valence-electron chi connectivity index (χ0n) is 5.50. The lowest BCUT2D eigenvalue weighted by molar-refractivity contribution is 1.33. The third-order valence-corrected chi connectivity index (χ3v) is 2.23. The smallest absolute Gasteiger partial charge is 0.149 e. The average Bonchev–Trinajstić information content (AvgIpc) is 2.45. The van der Waals surface area contributed by atoms with Crippen LogP contribution >= 0.6 is 22.6 Å². The Morgan fingerprint density at radius 1 is 1.45 bits per heavy atom.